The molecular weight excluding hydrogens is 288 g/mol. The van der Waals surface area contributed by atoms with Crippen molar-refractivity contribution in [2.45, 2.75) is 48.1 Å². The van der Waals surface area contributed by atoms with Gasteiger partial charge in [0.05, 0.1) is 21.2 Å². The van der Waals surface area contributed by atoms with E-state index in [1.807, 2.05) is 12.1 Å². The maximum absolute atomic E-state index is 9.25. The second kappa shape index (κ2) is 6.59. The molecule has 1 atom stereocenters. The van der Waals surface area contributed by atoms with E-state index in [0.29, 0.717) is 0 Å². The molecule has 1 heterocycles. The molecule has 1 aromatic heterocycles. The Morgan fingerprint density at radius 3 is 2.90 bits per heavy atom. The number of fused-ring (bicyclic) bond motifs is 1. The highest BCUT2D eigenvalue weighted by Gasteiger charge is 2.21. The van der Waals surface area contributed by atoms with Crippen molar-refractivity contribution in [3.8, 4) is 0 Å². The van der Waals surface area contributed by atoms with Crippen LogP contribution in [0, 0.1) is 0 Å². The van der Waals surface area contributed by atoms with Gasteiger partial charge in [0.1, 0.15) is 0 Å². The molecule has 0 spiro atoms. The quantitative estimate of drug-likeness (QED) is 0.631. The zero-order valence-corrected chi connectivity index (χ0v) is 12.9. The zero-order valence-electron chi connectivity index (χ0n) is 11.3. The van der Waals surface area contributed by atoms with Gasteiger partial charge in [0.15, 0.2) is 4.34 Å². The molecule has 0 unspecified atom stereocenters. The van der Waals surface area contributed by atoms with Gasteiger partial charge in [-0.05, 0) is 31.4 Å². The van der Waals surface area contributed by atoms with E-state index in [4.69, 9.17) is 0 Å². The summed E-state index contributed by atoms with van der Waals surface area (Å²) >= 11 is 3.49. The van der Waals surface area contributed by atoms with E-state index in [0.717, 1.165) is 34.8 Å². The number of nitrogens with zero attached hydrogens (tertiary/aromatic N) is 2. The minimum Gasteiger partial charge on any atom is -0.411 e. The molecule has 2 aromatic rings. The summed E-state index contributed by atoms with van der Waals surface area (Å²) in [5.74, 6) is 0. The SMILES string of the molecule is O/N=C1\CCCCCC[C@H]1Sc1nc2ccccc2s1. The van der Waals surface area contributed by atoms with E-state index < -0.39 is 0 Å². The molecule has 0 radical (unpaired) electrons. The molecule has 1 aliphatic carbocycles. The van der Waals surface area contributed by atoms with Crippen molar-refractivity contribution in [3.63, 3.8) is 0 Å². The number of hydrogen-bond acceptors (Lipinski definition) is 5. The fourth-order valence-corrected chi connectivity index (χ4v) is 5.07. The lowest BCUT2D eigenvalue weighted by Crippen LogP contribution is -2.19. The third-order valence-electron chi connectivity index (χ3n) is 3.67. The lowest BCUT2D eigenvalue weighted by molar-refractivity contribution is 0.315. The van der Waals surface area contributed by atoms with Crippen molar-refractivity contribution < 1.29 is 5.21 Å². The molecule has 0 amide bonds. The van der Waals surface area contributed by atoms with Crippen LogP contribution in [0.3, 0.4) is 0 Å². The predicted octanol–water partition coefficient (Wildman–Crippen LogP) is 4.94. The molecule has 1 aromatic carbocycles. The molecule has 3 rings (SSSR count). The highest BCUT2D eigenvalue weighted by molar-refractivity contribution is 8.02. The molecule has 1 N–H and O–H groups in total. The Bertz CT molecular complexity index is 576. The van der Waals surface area contributed by atoms with Crippen LogP contribution >= 0.6 is 23.1 Å². The van der Waals surface area contributed by atoms with Crippen molar-refractivity contribution in [1.82, 2.24) is 4.98 Å². The van der Waals surface area contributed by atoms with Gasteiger partial charge in [-0.2, -0.15) is 0 Å². The largest absolute Gasteiger partial charge is 0.411 e. The minimum atomic E-state index is 0.279. The molecule has 0 bridgehead atoms. The molecule has 0 saturated heterocycles. The topological polar surface area (TPSA) is 45.5 Å². The zero-order chi connectivity index (χ0) is 13.8. The van der Waals surface area contributed by atoms with Crippen molar-refractivity contribution in [2.75, 3.05) is 0 Å². The molecule has 3 nitrogen and oxygen atoms in total. The summed E-state index contributed by atoms with van der Waals surface area (Å²) in [6.07, 6.45) is 6.88. The van der Waals surface area contributed by atoms with Gasteiger partial charge in [0, 0.05) is 0 Å². The summed E-state index contributed by atoms with van der Waals surface area (Å²) in [6, 6.07) is 8.23. The number of rotatable bonds is 2. The van der Waals surface area contributed by atoms with Crippen molar-refractivity contribution in [1.29, 1.82) is 0 Å². The second-order valence-corrected chi connectivity index (χ2v) is 7.58. The van der Waals surface area contributed by atoms with Gasteiger partial charge in [-0.25, -0.2) is 4.98 Å². The lowest BCUT2D eigenvalue weighted by atomic mass is 9.99. The molecule has 1 fully saturated rings. The fourth-order valence-electron chi connectivity index (χ4n) is 2.58. The van der Waals surface area contributed by atoms with E-state index in [2.05, 4.69) is 22.3 Å². The van der Waals surface area contributed by atoms with E-state index in [-0.39, 0.29) is 5.25 Å². The Hall–Kier alpha value is -1.07. The van der Waals surface area contributed by atoms with Crippen LogP contribution in [0.15, 0.2) is 33.8 Å². The normalized spacial score (nSPS) is 22.8. The molecule has 20 heavy (non-hydrogen) atoms. The van der Waals surface area contributed by atoms with Gasteiger partial charge < -0.3 is 5.21 Å². The Kier molecular flexibility index (Phi) is 4.58. The van der Waals surface area contributed by atoms with Crippen LogP contribution in [-0.2, 0) is 0 Å². The van der Waals surface area contributed by atoms with E-state index in [1.54, 1.807) is 23.1 Å². The number of thioether (sulfide) groups is 1. The number of benzene rings is 1. The van der Waals surface area contributed by atoms with Crippen molar-refractivity contribution >= 4 is 39.0 Å². The van der Waals surface area contributed by atoms with Crippen LogP contribution in [0.25, 0.3) is 10.2 Å². The lowest BCUT2D eigenvalue weighted by Gasteiger charge is -2.19. The maximum atomic E-state index is 9.25. The molecule has 1 aliphatic rings. The Morgan fingerprint density at radius 1 is 1.20 bits per heavy atom. The average molecular weight is 306 g/mol. The van der Waals surface area contributed by atoms with Gasteiger partial charge in [-0.3, -0.25) is 0 Å². The molecule has 0 aliphatic heterocycles. The van der Waals surface area contributed by atoms with E-state index in [1.165, 1.54) is 24.0 Å². The first-order valence-corrected chi connectivity index (χ1v) is 8.79. The van der Waals surface area contributed by atoms with Gasteiger partial charge in [0.25, 0.3) is 0 Å². The standard InChI is InChI=1S/C15H18N2OS2/c18-17-12-8-3-1-2-4-9-14(12)20-15-16-11-7-5-6-10-13(11)19-15/h5-7,10,14,18H,1-4,8-9H2/b17-12+/t14-/m1/s1. The van der Waals surface area contributed by atoms with Crippen molar-refractivity contribution in [2.24, 2.45) is 5.16 Å². The van der Waals surface area contributed by atoms with Crippen LogP contribution in [0.1, 0.15) is 38.5 Å². The summed E-state index contributed by atoms with van der Waals surface area (Å²) in [4.78, 5) is 4.67. The summed E-state index contributed by atoms with van der Waals surface area (Å²) in [5, 5.41) is 13.1. The molecular formula is C15H18N2OS2. The highest BCUT2D eigenvalue weighted by atomic mass is 32.2. The van der Waals surface area contributed by atoms with Crippen LogP contribution in [-0.4, -0.2) is 21.2 Å². The van der Waals surface area contributed by atoms with E-state index >= 15 is 0 Å². The van der Waals surface area contributed by atoms with Crippen molar-refractivity contribution in [3.05, 3.63) is 24.3 Å². The number of oxime groups is 1. The first-order valence-electron chi connectivity index (χ1n) is 7.10. The van der Waals surface area contributed by atoms with Crippen LogP contribution < -0.4 is 0 Å². The summed E-state index contributed by atoms with van der Waals surface area (Å²) < 4.78 is 2.31. The van der Waals surface area contributed by atoms with Crippen LogP contribution in [0.2, 0.25) is 0 Å². The monoisotopic (exact) mass is 306 g/mol. The third-order valence-corrected chi connectivity index (χ3v) is 6.12. The predicted molar refractivity (Wildman–Crippen MR) is 86.2 cm³/mol. The second-order valence-electron chi connectivity index (χ2n) is 5.10. The molecule has 5 heteroatoms. The highest BCUT2D eigenvalue weighted by Crippen LogP contribution is 2.35. The molecule has 106 valence electrons. The molecule has 1 saturated carbocycles. The smallest absolute Gasteiger partial charge is 0.151 e. The van der Waals surface area contributed by atoms with E-state index in [9.17, 15) is 5.21 Å². The first-order chi connectivity index (χ1) is 9.86. The number of hydrogen-bond donors (Lipinski definition) is 1. The van der Waals surface area contributed by atoms with Gasteiger partial charge >= 0.3 is 0 Å². The first kappa shape index (κ1) is 13.9. The average Bonchev–Trinajstić information content (AvgIpc) is 2.84. The maximum Gasteiger partial charge on any atom is 0.151 e. The number of thiazole rings is 1. The minimum absolute atomic E-state index is 0.279. The summed E-state index contributed by atoms with van der Waals surface area (Å²) in [6.45, 7) is 0. The fraction of sp³-hybridized carbons (Fsp3) is 0.467. The Morgan fingerprint density at radius 2 is 2.05 bits per heavy atom. The Labute approximate surface area is 127 Å². The van der Waals surface area contributed by atoms with Gasteiger partial charge in [-0.1, -0.05) is 48.3 Å². The summed E-state index contributed by atoms with van der Waals surface area (Å²) in [7, 11) is 0. The summed E-state index contributed by atoms with van der Waals surface area (Å²) in [5.41, 5.74) is 2.00. The van der Waals surface area contributed by atoms with Crippen LogP contribution in [0.4, 0.5) is 0 Å². The number of para-hydroxylation sites is 1. The Balaban J connectivity index is 1.79. The van der Waals surface area contributed by atoms with Crippen LogP contribution in [0.5, 0.6) is 0 Å². The third kappa shape index (κ3) is 3.15. The number of aromatic nitrogens is 1. The van der Waals surface area contributed by atoms with Gasteiger partial charge in [-0.15, -0.1) is 11.3 Å². The van der Waals surface area contributed by atoms with Gasteiger partial charge in [0.2, 0.25) is 0 Å².